The molecule has 2 nitrogen and oxygen atoms in total. The van der Waals surface area contributed by atoms with Gasteiger partial charge in [-0.05, 0) is 90.9 Å². The fraction of sp³-hybridized carbons (Fsp3) is 0.609. The Morgan fingerprint density at radius 2 is 1.96 bits per heavy atom. The second-order valence-electron chi connectivity index (χ2n) is 9.26. The summed E-state index contributed by atoms with van der Waals surface area (Å²) in [5, 5.41) is 0. The van der Waals surface area contributed by atoms with Crippen LogP contribution >= 0.6 is 0 Å². The van der Waals surface area contributed by atoms with E-state index in [1.165, 1.54) is 36.8 Å². The summed E-state index contributed by atoms with van der Waals surface area (Å²) in [7, 11) is 0. The number of hydrogen-bond donors (Lipinski definition) is 0. The third kappa shape index (κ3) is 2.06. The summed E-state index contributed by atoms with van der Waals surface area (Å²) >= 11 is 0. The van der Waals surface area contributed by atoms with Gasteiger partial charge in [0.25, 0.3) is 0 Å². The van der Waals surface area contributed by atoms with Gasteiger partial charge in [-0.1, -0.05) is 25.5 Å². The van der Waals surface area contributed by atoms with Crippen molar-refractivity contribution in [2.24, 2.45) is 28.6 Å². The van der Waals surface area contributed by atoms with Gasteiger partial charge in [0.15, 0.2) is 5.78 Å². The average Bonchev–Trinajstić information content (AvgIpc) is 3.22. The molecule has 4 aliphatic rings. The van der Waals surface area contributed by atoms with Crippen molar-refractivity contribution in [3.8, 4) is 0 Å². The molecule has 0 bridgehead atoms. The summed E-state index contributed by atoms with van der Waals surface area (Å²) in [6.45, 7) is 4.94. The summed E-state index contributed by atoms with van der Waals surface area (Å²) in [6, 6.07) is 4.14. The third-order valence-electron chi connectivity index (χ3n) is 8.33. The van der Waals surface area contributed by atoms with Gasteiger partial charge in [0.1, 0.15) is 5.76 Å². The molecule has 1 aromatic heterocycles. The minimum atomic E-state index is 0.265. The second kappa shape index (κ2) is 5.22. The first-order valence-corrected chi connectivity index (χ1v) is 10.0. The van der Waals surface area contributed by atoms with Crippen LogP contribution in [0, 0.1) is 28.6 Å². The highest BCUT2D eigenvalue weighted by Gasteiger charge is 2.57. The molecule has 0 saturated heterocycles. The molecule has 1 heterocycles. The maximum atomic E-state index is 11.9. The lowest BCUT2D eigenvalue weighted by molar-refractivity contribution is -0.117. The Morgan fingerprint density at radius 1 is 1.08 bits per heavy atom. The Morgan fingerprint density at radius 3 is 2.76 bits per heavy atom. The summed E-state index contributed by atoms with van der Waals surface area (Å²) < 4.78 is 5.77. The zero-order valence-corrected chi connectivity index (χ0v) is 15.4. The molecular formula is C23H28O2. The van der Waals surface area contributed by atoms with Gasteiger partial charge in [-0.3, -0.25) is 4.79 Å². The molecule has 0 aliphatic heterocycles. The van der Waals surface area contributed by atoms with Crippen LogP contribution in [-0.4, -0.2) is 5.78 Å². The molecule has 0 spiro atoms. The molecule has 4 aliphatic carbocycles. The Labute approximate surface area is 150 Å². The summed E-state index contributed by atoms with van der Waals surface area (Å²) in [5.74, 6) is 3.71. The first-order chi connectivity index (χ1) is 12.0. The summed E-state index contributed by atoms with van der Waals surface area (Å²) in [4.78, 5) is 11.9. The van der Waals surface area contributed by atoms with E-state index in [9.17, 15) is 4.79 Å². The predicted molar refractivity (Wildman–Crippen MR) is 98.8 cm³/mol. The van der Waals surface area contributed by atoms with E-state index < -0.39 is 0 Å². The maximum absolute atomic E-state index is 11.9. The van der Waals surface area contributed by atoms with Gasteiger partial charge in [-0.2, -0.15) is 0 Å². The SMILES string of the molecule is C[C@]12CCC(=O)C=C1CC[C@@H]1[C@@H]2CC[C@]2(C)C(c3ccco3)=CC[C@@H]12. The van der Waals surface area contributed by atoms with Crippen LogP contribution < -0.4 is 0 Å². The van der Waals surface area contributed by atoms with Crippen LogP contribution in [0.2, 0.25) is 0 Å². The highest BCUT2D eigenvalue weighted by molar-refractivity contribution is 5.91. The van der Waals surface area contributed by atoms with E-state index in [4.69, 9.17) is 4.42 Å². The lowest BCUT2D eigenvalue weighted by Crippen LogP contribution is -2.49. The average molecular weight is 336 g/mol. The lowest BCUT2D eigenvalue weighted by atomic mass is 9.47. The van der Waals surface area contributed by atoms with Crippen molar-refractivity contribution < 1.29 is 9.21 Å². The molecule has 0 amide bonds. The van der Waals surface area contributed by atoms with Gasteiger partial charge in [0.2, 0.25) is 0 Å². The molecule has 0 unspecified atom stereocenters. The molecule has 5 rings (SSSR count). The number of carbonyl (C=O) groups excluding carboxylic acids is 1. The molecule has 2 heteroatoms. The minimum Gasteiger partial charge on any atom is -0.465 e. The molecule has 1 aromatic rings. The molecule has 0 radical (unpaired) electrons. The molecule has 2 fully saturated rings. The van der Waals surface area contributed by atoms with E-state index in [1.807, 2.05) is 12.1 Å². The van der Waals surface area contributed by atoms with E-state index >= 15 is 0 Å². The second-order valence-corrected chi connectivity index (χ2v) is 9.26. The number of allylic oxidation sites excluding steroid dienone is 4. The van der Waals surface area contributed by atoms with Crippen molar-refractivity contribution in [1.82, 2.24) is 0 Å². The monoisotopic (exact) mass is 336 g/mol. The smallest absolute Gasteiger partial charge is 0.155 e. The van der Waals surface area contributed by atoms with Crippen molar-refractivity contribution in [1.29, 1.82) is 0 Å². The van der Waals surface area contributed by atoms with Crippen LogP contribution in [0.1, 0.15) is 64.6 Å². The molecule has 0 N–H and O–H groups in total. The molecular weight excluding hydrogens is 308 g/mol. The quantitative estimate of drug-likeness (QED) is 0.648. The zero-order chi connectivity index (χ0) is 17.2. The Kier molecular flexibility index (Phi) is 3.27. The highest BCUT2D eigenvalue weighted by atomic mass is 16.3. The summed E-state index contributed by atoms with van der Waals surface area (Å²) in [6.07, 6.45) is 14.2. The number of rotatable bonds is 1. The number of ketones is 1. The highest BCUT2D eigenvalue weighted by Crippen LogP contribution is 2.66. The van der Waals surface area contributed by atoms with Crippen molar-refractivity contribution in [3.63, 3.8) is 0 Å². The van der Waals surface area contributed by atoms with Gasteiger partial charge < -0.3 is 4.42 Å². The normalized spacial score (nSPS) is 43.0. The van der Waals surface area contributed by atoms with E-state index in [-0.39, 0.29) is 10.8 Å². The van der Waals surface area contributed by atoms with Gasteiger partial charge in [-0.25, -0.2) is 0 Å². The van der Waals surface area contributed by atoms with Crippen LogP contribution in [0.4, 0.5) is 0 Å². The minimum absolute atomic E-state index is 0.265. The van der Waals surface area contributed by atoms with E-state index in [0.717, 1.165) is 42.8 Å². The molecule has 5 atom stereocenters. The van der Waals surface area contributed by atoms with E-state index in [2.05, 4.69) is 26.0 Å². The van der Waals surface area contributed by atoms with E-state index in [0.29, 0.717) is 5.78 Å². The van der Waals surface area contributed by atoms with Crippen LogP contribution in [0.3, 0.4) is 0 Å². The lowest BCUT2D eigenvalue weighted by Gasteiger charge is -2.57. The van der Waals surface area contributed by atoms with Crippen LogP contribution in [0.5, 0.6) is 0 Å². The van der Waals surface area contributed by atoms with Crippen molar-refractivity contribution in [2.75, 3.05) is 0 Å². The fourth-order valence-corrected chi connectivity index (χ4v) is 6.94. The number of carbonyl (C=O) groups is 1. The van der Waals surface area contributed by atoms with Crippen molar-refractivity contribution in [3.05, 3.63) is 41.9 Å². The largest absolute Gasteiger partial charge is 0.465 e. The summed E-state index contributed by atoms with van der Waals surface area (Å²) in [5.41, 5.74) is 3.45. The van der Waals surface area contributed by atoms with Gasteiger partial charge >= 0.3 is 0 Å². The Bertz CT molecular complexity index is 768. The van der Waals surface area contributed by atoms with Crippen LogP contribution in [0.25, 0.3) is 5.57 Å². The Hall–Kier alpha value is -1.57. The Balaban J connectivity index is 1.49. The number of furan rings is 1. The molecule has 25 heavy (non-hydrogen) atoms. The van der Waals surface area contributed by atoms with E-state index in [1.54, 1.807) is 6.26 Å². The third-order valence-corrected chi connectivity index (χ3v) is 8.33. The van der Waals surface area contributed by atoms with Gasteiger partial charge in [0, 0.05) is 6.42 Å². The number of hydrogen-bond acceptors (Lipinski definition) is 2. The standard InChI is InChI=1S/C23H28O2/c1-22-11-9-16(24)14-15(22)5-6-17-18-7-8-20(21-4-3-13-25-21)23(18,2)12-10-19(17)22/h3-4,8,13-14,17-19H,5-7,9-12H2,1-2H3/t17-,18-,19-,22-,23-/m0/s1. The van der Waals surface area contributed by atoms with Crippen LogP contribution in [0.15, 0.2) is 40.5 Å². The van der Waals surface area contributed by atoms with Crippen LogP contribution in [-0.2, 0) is 4.79 Å². The van der Waals surface area contributed by atoms with Gasteiger partial charge in [-0.15, -0.1) is 0 Å². The van der Waals surface area contributed by atoms with Crippen molar-refractivity contribution >= 4 is 11.4 Å². The maximum Gasteiger partial charge on any atom is 0.155 e. The topological polar surface area (TPSA) is 30.2 Å². The molecule has 0 aromatic carbocycles. The predicted octanol–water partition coefficient (Wildman–Crippen LogP) is 5.80. The molecule has 2 saturated carbocycles. The van der Waals surface area contributed by atoms with Gasteiger partial charge in [0.05, 0.1) is 6.26 Å². The van der Waals surface area contributed by atoms with Crippen molar-refractivity contribution in [2.45, 2.75) is 58.8 Å². The first-order valence-electron chi connectivity index (χ1n) is 10.0. The molecule has 132 valence electrons. The first kappa shape index (κ1) is 15.7. The zero-order valence-electron chi connectivity index (χ0n) is 15.4. The fourth-order valence-electron chi connectivity index (χ4n) is 6.94. The number of fused-ring (bicyclic) bond motifs is 5.